The fraction of sp³-hybridized carbons (Fsp3) is 0.889. The van der Waals surface area contributed by atoms with Crippen molar-refractivity contribution in [1.29, 1.82) is 0 Å². The lowest BCUT2D eigenvalue weighted by atomic mass is 10.1. The van der Waals surface area contributed by atoms with Crippen molar-refractivity contribution in [3.05, 3.63) is 0 Å². The van der Waals surface area contributed by atoms with E-state index in [2.05, 4.69) is 35.4 Å². The highest BCUT2D eigenvalue weighted by Crippen LogP contribution is 2.46. The van der Waals surface area contributed by atoms with Crippen molar-refractivity contribution in [3.8, 4) is 0 Å². The lowest BCUT2D eigenvalue weighted by molar-refractivity contribution is 0.726. The lowest BCUT2D eigenvalue weighted by Gasteiger charge is -2.26. The Kier molecular flexibility index (Phi) is 2.70. The molecule has 0 radical (unpaired) electrons. The van der Waals surface area contributed by atoms with E-state index < -0.39 is 0 Å². The maximum absolute atomic E-state index is 4.66. The molecule has 0 aliphatic carbocycles. The molecule has 68 valence electrons. The fourth-order valence-corrected chi connectivity index (χ4v) is 4.69. The molecule has 0 saturated carbocycles. The van der Waals surface area contributed by atoms with Gasteiger partial charge in [-0.2, -0.15) is 0 Å². The maximum Gasteiger partial charge on any atom is 0.0958 e. The van der Waals surface area contributed by atoms with E-state index in [1.54, 1.807) is 0 Å². The summed E-state index contributed by atoms with van der Waals surface area (Å²) in [6.07, 6.45) is 3.90. The summed E-state index contributed by atoms with van der Waals surface area (Å²) in [4.78, 5) is 4.66. The normalized spacial score (nSPS) is 28.6. The minimum absolute atomic E-state index is 0.348. The molecule has 1 fully saturated rings. The van der Waals surface area contributed by atoms with Crippen LogP contribution in [0.15, 0.2) is 4.99 Å². The fourth-order valence-electron chi connectivity index (χ4n) is 1.75. The van der Waals surface area contributed by atoms with Gasteiger partial charge in [0.15, 0.2) is 0 Å². The quantitative estimate of drug-likeness (QED) is 0.647. The van der Waals surface area contributed by atoms with Crippen LogP contribution in [0.2, 0.25) is 0 Å². The molecule has 2 aliphatic heterocycles. The Bertz CT molecular complexity index is 195. The number of nitrogens with zero attached hydrogens (tertiary/aromatic N) is 1. The van der Waals surface area contributed by atoms with Crippen LogP contribution in [-0.4, -0.2) is 27.8 Å². The minimum atomic E-state index is 0.348. The topological polar surface area (TPSA) is 12.4 Å². The Balaban J connectivity index is 2.10. The van der Waals surface area contributed by atoms with E-state index in [1.807, 2.05) is 0 Å². The summed E-state index contributed by atoms with van der Waals surface area (Å²) in [5.74, 6) is 2.61. The van der Waals surface area contributed by atoms with E-state index in [1.165, 1.54) is 36.5 Å². The van der Waals surface area contributed by atoms with Crippen LogP contribution in [0, 0.1) is 0 Å². The Morgan fingerprint density at radius 1 is 1.25 bits per heavy atom. The van der Waals surface area contributed by atoms with Crippen LogP contribution in [0.1, 0.15) is 26.2 Å². The summed E-state index contributed by atoms with van der Waals surface area (Å²) >= 11 is 4.17. The van der Waals surface area contributed by atoms with E-state index in [0.717, 1.165) is 6.54 Å². The van der Waals surface area contributed by atoms with Gasteiger partial charge in [-0.05, 0) is 26.2 Å². The zero-order chi connectivity index (χ0) is 8.44. The molecular formula is C9H15NS2. The van der Waals surface area contributed by atoms with Gasteiger partial charge in [-0.25, -0.2) is 0 Å². The molecule has 1 saturated heterocycles. The highest BCUT2D eigenvalue weighted by atomic mass is 32.2. The van der Waals surface area contributed by atoms with Crippen molar-refractivity contribution < 1.29 is 0 Å². The number of hydrogen-bond acceptors (Lipinski definition) is 3. The second kappa shape index (κ2) is 3.62. The Morgan fingerprint density at radius 3 is 2.58 bits per heavy atom. The molecule has 1 nitrogen and oxygen atoms in total. The monoisotopic (exact) mass is 201 g/mol. The largest absolute Gasteiger partial charge is 0.292 e. The van der Waals surface area contributed by atoms with Gasteiger partial charge in [0.1, 0.15) is 0 Å². The molecule has 3 heteroatoms. The standard InChI is InChI=1S/C9H15NS2/c1-9(11-6-7-12-9)8-4-2-3-5-10-8/h2-7H2,1H3. The first-order valence-corrected chi connectivity index (χ1v) is 6.60. The van der Waals surface area contributed by atoms with Crippen LogP contribution < -0.4 is 0 Å². The highest BCUT2D eigenvalue weighted by Gasteiger charge is 2.35. The minimum Gasteiger partial charge on any atom is -0.292 e. The van der Waals surface area contributed by atoms with E-state index in [9.17, 15) is 0 Å². The zero-order valence-corrected chi connectivity index (χ0v) is 9.14. The molecule has 2 rings (SSSR count). The molecule has 2 heterocycles. The van der Waals surface area contributed by atoms with Crippen molar-refractivity contribution in [2.45, 2.75) is 30.3 Å². The number of aliphatic imine (C=N–C) groups is 1. The van der Waals surface area contributed by atoms with Crippen molar-refractivity contribution in [3.63, 3.8) is 0 Å². The first-order chi connectivity index (χ1) is 5.81. The van der Waals surface area contributed by atoms with Crippen molar-refractivity contribution in [2.24, 2.45) is 4.99 Å². The maximum atomic E-state index is 4.66. The third-order valence-electron chi connectivity index (χ3n) is 2.49. The zero-order valence-electron chi connectivity index (χ0n) is 7.51. The second-order valence-corrected chi connectivity index (χ2v) is 6.71. The van der Waals surface area contributed by atoms with E-state index in [0.29, 0.717) is 4.08 Å². The van der Waals surface area contributed by atoms with Gasteiger partial charge in [0.05, 0.1) is 4.08 Å². The first-order valence-electron chi connectivity index (χ1n) is 4.63. The Hall–Kier alpha value is 0.370. The highest BCUT2D eigenvalue weighted by molar-refractivity contribution is 8.22. The van der Waals surface area contributed by atoms with E-state index in [-0.39, 0.29) is 0 Å². The van der Waals surface area contributed by atoms with Crippen LogP contribution in [0.3, 0.4) is 0 Å². The summed E-state index contributed by atoms with van der Waals surface area (Å²) in [6.45, 7) is 3.42. The molecule has 0 atom stereocenters. The SMILES string of the molecule is CC1(C2=NCCCC2)SCCS1. The second-order valence-electron chi connectivity index (χ2n) is 3.43. The van der Waals surface area contributed by atoms with Crippen molar-refractivity contribution >= 4 is 29.2 Å². The van der Waals surface area contributed by atoms with Gasteiger partial charge < -0.3 is 0 Å². The van der Waals surface area contributed by atoms with Gasteiger partial charge in [-0.1, -0.05) is 0 Å². The van der Waals surface area contributed by atoms with Gasteiger partial charge in [-0.15, -0.1) is 23.5 Å². The van der Waals surface area contributed by atoms with Crippen LogP contribution in [0.4, 0.5) is 0 Å². The molecule has 0 spiro atoms. The van der Waals surface area contributed by atoms with E-state index in [4.69, 9.17) is 0 Å². The van der Waals surface area contributed by atoms with Crippen LogP contribution in [-0.2, 0) is 0 Å². The number of thioether (sulfide) groups is 2. The Labute approximate surface area is 82.8 Å². The lowest BCUT2D eigenvalue weighted by Crippen LogP contribution is -2.27. The first kappa shape index (κ1) is 8.95. The Morgan fingerprint density at radius 2 is 2.00 bits per heavy atom. The van der Waals surface area contributed by atoms with Crippen LogP contribution in [0.5, 0.6) is 0 Å². The molecule has 0 aromatic rings. The molecule has 0 amide bonds. The van der Waals surface area contributed by atoms with E-state index >= 15 is 0 Å². The predicted molar refractivity (Wildman–Crippen MR) is 59.5 cm³/mol. The summed E-state index contributed by atoms with van der Waals surface area (Å²) in [5.41, 5.74) is 1.47. The molecule has 0 aromatic carbocycles. The summed E-state index contributed by atoms with van der Waals surface area (Å²) in [5, 5.41) is 0. The van der Waals surface area contributed by atoms with Gasteiger partial charge in [0.25, 0.3) is 0 Å². The third-order valence-corrected chi connectivity index (χ3v) is 5.84. The number of rotatable bonds is 1. The smallest absolute Gasteiger partial charge is 0.0958 e. The van der Waals surface area contributed by atoms with Gasteiger partial charge >= 0.3 is 0 Å². The molecule has 0 N–H and O–H groups in total. The molecule has 0 unspecified atom stereocenters. The molecule has 12 heavy (non-hydrogen) atoms. The summed E-state index contributed by atoms with van der Waals surface area (Å²) < 4.78 is 0.348. The van der Waals surface area contributed by atoms with Crippen LogP contribution in [0.25, 0.3) is 0 Å². The molecular weight excluding hydrogens is 186 g/mol. The average molecular weight is 201 g/mol. The summed E-state index contributed by atoms with van der Waals surface area (Å²) in [7, 11) is 0. The third kappa shape index (κ3) is 1.67. The summed E-state index contributed by atoms with van der Waals surface area (Å²) in [6, 6.07) is 0. The van der Waals surface area contributed by atoms with Gasteiger partial charge in [-0.3, -0.25) is 4.99 Å². The molecule has 0 bridgehead atoms. The molecule has 0 aromatic heterocycles. The van der Waals surface area contributed by atoms with Crippen molar-refractivity contribution in [1.82, 2.24) is 0 Å². The van der Waals surface area contributed by atoms with Crippen molar-refractivity contribution in [2.75, 3.05) is 18.1 Å². The number of hydrogen-bond donors (Lipinski definition) is 0. The van der Waals surface area contributed by atoms with Crippen LogP contribution >= 0.6 is 23.5 Å². The van der Waals surface area contributed by atoms with Gasteiger partial charge in [0, 0.05) is 23.8 Å². The van der Waals surface area contributed by atoms with Gasteiger partial charge in [0.2, 0.25) is 0 Å². The average Bonchev–Trinajstić information content (AvgIpc) is 2.55. The predicted octanol–water partition coefficient (Wildman–Crippen LogP) is 2.81. The molecule has 2 aliphatic rings.